The van der Waals surface area contributed by atoms with Crippen molar-refractivity contribution in [2.75, 3.05) is 24.6 Å². The van der Waals surface area contributed by atoms with Gasteiger partial charge in [0.15, 0.2) is 0 Å². The first-order chi connectivity index (χ1) is 12.3. The number of hydrogen-bond donors (Lipinski definition) is 0. The number of piperidine rings is 2. The van der Waals surface area contributed by atoms with Gasteiger partial charge in [0.25, 0.3) is 0 Å². The second kappa shape index (κ2) is 4.18. The fourth-order valence-electron chi connectivity index (χ4n) is 7.51. The quantitative estimate of drug-likeness (QED) is 0.681. The van der Waals surface area contributed by atoms with Crippen LogP contribution in [0.2, 0.25) is 0 Å². The minimum Gasteiger partial charge on any atom is -0.373 e. The summed E-state index contributed by atoms with van der Waals surface area (Å²) in [6.07, 6.45) is 5.43. The van der Waals surface area contributed by atoms with Gasteiger partial charge in [-0.05, 0) is 36.9 Å². The molecule has 6 aliphatic rings. The van der Waals surface area contributed by atoms with E-state index in [4.69, 9.17) is 4.74 Å². The lowest BCUT2D eigenvalue weighted by atomic mass is 9.53. The van der Waals surface area contributed by atoms with E-state index in [0.717, 1.165) is 6.54 Å². The number of benzene rings is 1. The SMILES string of the molecule is O=C1C[C@@H]2OCC=C3CN4CCC56c7ccccc7N1C5C2C3CC46. The van der Waals surface area contributed by atoms with Gasteiger partial charge in [-0.15, -0.1) is 0 Å². The van der Waals surface area contributed by atoms with Crippen molar-refractivity contribution >= 4 is 11.6 Å². The largest absolute Gasteiger partial charge is 0.373 e. The molecule has 128 valence electrons. The third-order valence-corrected chi connectivity index (χ3v) is 8.22. The van der Waals surface area contributed by atoms with E-state index in [2.05, 4.69) is 40.1 Å². The molecule has 1 aromatic carbocycles. The normalized spacial score (nSPS) is 45.9. The van der Waals surface area contributed by atoms with Crippen molar-refractivity contribution in [1.29, 1.82) is 0 Å². The maximum absolute atomic E-state index is 13.2. The van der Waals surface area contributed by atoms with Gasteiger partial charge in [0.1, 0.15) is 0 Å². The Kier molecular flexibility index (Phi) is 2.27. The van der Waals surface area contributed by atoms with E-state index in [1.54, 1.807) is 5.57 Å². The van der Waals surface area contributed by atoms with Crippen LogP contribution in [0.1, 0.15) is 24.8 Å². The molecule has 7 rings (SSSR count). The first-order valence-corrected chi connectivity index (χ1v) is 9.75. The summed E-state index contributed by atoms with van der Waals surface area (Å²) < 4.78 is 6.25. The summed E-state index contributed by atoms with van der Waals surface area (Å²) in [6.45, 7) is 2.97. The number of carbonyl (C=O) groups excluding carboxylic acids is 1. The molecule has 1 amide bonds. The number of ether oxygens (including phenoxy) is 1. The zero-order valence-corrected chi connectivity index (χ0v) is 14.2. The molecule has 1 aromatic rings. The summed E-state index contributed by atoms with van der Waals surface area (Å²) in [5.41, 5.74) is 4.35. The van der Waals surface area contributed by atoms with Gasteiger partial charge in [-0.3, -0.25) is 9.69 Å². The van der Waals surface area contributed by atoms with Crippen LogP contribution in [0.15, 0.2) is 35.9 Å². The van der Waals surface area contributed by atoms with Gasteiger partial charge in [-0.2, -0.15) is 0 Å². The van der Waals surface area contributed by atoms with Crippen LogP contribution in [0.25, 0.3) is 0 Å². The zero-order valence-electron chi connectivity index (χ0n) is 14.2. The Morgan fingerprint density at radius 3 is 3.12 bits per heavy atom. The fraction of sp³-hybridized carbons (Fsp3) is 0.571. The number of hydrogen-bond acceptors (Lipinski definition) is 3. The van der Waals surface area contributed by atoms with E-state index >= 15 is 0 Å². The van der Waals surface area contributed by atoms with Gasteiger partial charge < -0.3 is 9.64 Å². The molecule has 0 N–H and O–H groups in total. The summed E-state index contributed by atoms with van der Waals surface area (Å²) >= 11 is 0. The van der Waals surface area contributed by atoms with Gasteiger partial charge in [0, 0.05) is 29.6 Å². The molecule has 5 unspecified atom stereocenters. The van der Waals surface area contributed by atoms with E-state index < -0.39 is 0 Å². The molecule has 1 saturated carbocycles. The molecular weight excluding hydrogens is 312 g/mol. The topological polar surface area (TPSA) is 32.8 Å². The first kappa shape index (κ1) is 13.5. The number of amides is 1. The number of para-hydroxylation sites is 1. The predicted molar refractivity (Wildman–Crippen MR) is 93.4 cm³/mol. The van der Waals surface area contributed by atoms with E-state index in [9.17, 15) is 4.79 Å². The van der Waals surface area contributed by atoms with Crippen LogP contribution in [0.3, 0.4) is 0 Å². The standard InChI is InChI=1S/C21H22N2O2/c24-18-10-16-19-13-9-17-21(6-7-22(17)11-12(13)5-8-25-16)14-3-1-2-4-15(14)23(18)20(19)21/h1-5,13,16-17,19-20H,6-11H2/t13?,16-,17?,19?,20?,21?/m0/s1. The monoisotopic (exact) mass is 334 g/mol. The van der Waals surface area contributed by atoms with Crippen molar-refractivity contribution in [3.05, 3.63) is 41.5 Å². The Bertz CT molecular complexity index is 848. The maximum atomic E-state index is 13.2. The van der Waals surface area contributed by atoms with Crippen LogP contribution in [0.5, 0.6) is 0 Å². The van der Waals surface area contributed by atoms with E-state index in [1.807, 2.05) is 0 Å². The van der Waals surface area contributed by atoms with Crippen molar-refractivity contribution in [3.8, 4) is 0 Å². The van der Waals surface area contributed by atoms with Crippen LogP contribution in [-0.2, 0) is 14.9 Å². The lowest BCUT2D eigenvalue weighted by molar-refractivity contribution is -0.132. The van der Waals surface area contributed by atoms with Crippen LogP contribution in [-0.4, -0.2) is 48.7 Å². The van der Waals surface area contributed by atoms with E-state index in [1.165, 1.54) is 30.6 Å². The number of nitrogens with zero attached hydrogens (tertiary/aromatic N) is 2. The molecular formula is C21H22N2O2. The molecule has 6 atom stereocenters. The maximum Gasteiger partial charge on any atom is 0.229 e. The lowest BCUT2D eigenvalue weighted by Crippen LogP contribution is -2.69. The van der Waals surface area contributed by atoms with Crippen molar-refractivity contribution < 1.29 is 9.53 Å². The van der Waals surface area contributed by atoms with E-state index in [-0.39, 0.29) is 17.4 Å². The van der Waals surface area contributed by atoms with Gasteiger partial charge >= 0.3 is 0 Å². The molecule has 4 fully saturated rings. The zero-order chi connectivity index (χ0) is 16.3. The van der Waals surface area contributed by atoms with Gasteiger partial charge in [-0.25, -0.2) is 0 Å². The van der Waals surface area contributed by atoms with Gasteiger partial charge in [0.2, 0.25) is 5.91 Å². The first-order valence-electron chi connectivity index (χ1n) is 9.75. The van der Waals surface area contributed by atoms with Crippen LogP contribution < -0.4 is 4.90 Å². The Morgan fingerprint density at radius 1 is 1.24 bits per heavy atom. The highest BCUT2D eigenvalue weighted by molar-refractivity contribution is 5.99. The van der Waals surface area contributed by atoms with Crippen LogP contribution in [0, 0.1) is 11.8 Å². The van der Waals surface area contributed by atoms with Gasteiger partial charge in [-0.1, -0.05) is 29.8 Å². The Balaban J connectivity index is 1.55. The molecule has 0 aromatic heterocycles. The minimum absolute atomic E-state index is 0.104. The van der Waals surface area contributed by atoms with Crippen LogP contribution >= 0.6 is 0 Å². The second-order valence-electron chi connectivity index (χ2n) is 8.78. The molecule has 4 heteroatoms. The Hall–Kier alpha value is -1.65. The average molecular weight is 334 g/mol. The molecule has 3 saturated heterocycles. The highest BCUT2D eigenvalue weighted by Crippen LogP contribution is 2.65. The van der Waals surface area contributed by atoms with Crippen molar-refractivity contribution in [2.45, 2.75) is 42.9 Å². The summed E-state index contributed by atoms with van der Waals surface area (Å²) in [5.74, 6) is 1.35. The molecule has 1 spiro atoms. The van der Waals surface area contributed by atoms with Crippen molar-refractivity contribution in [2.24, 2.45) is 11.8 Å². The highest BCUT2D eigenvalue weighted by atomic mass is 16.5. The highest BCUT2D eigenvalue weighted by Gasteiger charge is 2.70. The molecule has 4 nitrogen and oxygen atoms in total. The number of rotatable bonds is 0. The third-order valence-electron chi connectivity index (χ3n) is 8.22. The molecule has 25 heavy (non-hydrogen) atoms. The lowest BCUT2D eigenvalue weighted by Gasteiger charge is -2.58. The minimum atomic E-state index is 0.104. The van der Waals surface area contributed by atoms with Crippen molar-refractivity contribution in [1.82, 2.24) is 4.90 Å². The predicted octanol–water partition coefficient (Wildman–Crippen LogP) is 2.09. The summed E-state index contributed by atoms with van der Waals surface area (Å²) in [5, 5.41) is 0. The summed E-state index contributed by atoms with van der Waals surface area (Å²) in [4.78, 5) is 18.1. The Labute approximate surface area is 147 Å². The smallest absolute Gasteiger partial charge is 0.229 e. The van der Waals surface area contributed by atoms with Gasteiger partial charge in [0.05, 0.1) is 25.2 Å². The molecule has 5 aliphatic heterocycles. The molecule has 0 radical (unpaired) electrons. The van der Waals surface area contributed by atoms with E-state index in [0.29, 0.717) is 36.9 Å². The summed E-state index contributed by atoms with van der Waals surface area (Å²) in [6, 6.07) is 9.64. The average Bonchev–Trinajstić information content (AvgIpc) is 3.10. The number of carbonyl (C=O) groups is 1. The van der Waals surface area contributed by atoms with Crippen molar-refractivity contribution in [3.63, 3.8) is 0 Å². The molecule has 5 heterocycles. The third kappa shape index (κ3) is 1.33. The fourth-order valence-corrected chi connectivity index (χ4v) is 7.51. The second-order valence-corrected chi connectivity index (χ2v) is 8.78. The number of fused-ring (bicyclic) bond motifs is 2. The molecule has 2 bridgehead atoms. The van der Waals surface area contributed by atoms with Crippen LogP contribution in [0.4, 0.5) is 5.69 Å². The summed E-state index contributed by atoms with van der Waals surface area (Å²) in [7, 11) is 0. The number of anilines is 1. The Morgan fingerprint density at radius 2 is 2.16 bits per heavy atom. The molecule has 1 aliphatic carbocycles.